The van der Waals surface area contributed by atoms with Gasteiger partial charge in [-0.3, -0.25) is 0 Å². The second kappa shape index (κ2) is 6.24. The Morgan fingerprint density at radius 2 is 1.28 bits per heavy atom. The highest BCUT2D eigenvalue weighted by atomic mass is 15.3. The predicted molar refractivity (Wildman–Crippen MR) is 126 cm³/mol. The highest BCUT2D eigenvalue weighted by Crippen LogP contribution is 2.47. The van der Waals surface area contributed by atoms with Gasteiger partial charge in [0.2, 0.25) is 11.4 Å². The lowest BCUT2D eigenvalue weighted by Crippen LogP contribution is -2.71. The van der Waals surface area contributed by atoms with Crippen LogP contribution in [0.2, 0.25) is 0 Å². The minimum Gasteiger partial charge on any atom is -0.126 e. The van der Waals surface area contributed by atoms with Gasteiger partial charge in [-0.15, -0.1) is 9.13 Å². The summed E-state index contributed by atoms with van der Waals surface area (Å²) < 4.78 is 29.7. The average molecular weight is 414 g/mol. The largest absolute Gasteiger partial charge is 0.417 e. The first-order valence-electron chi connectivity index (χ1n) is 12.4. The molecule has 0 radical (unpaired) electrons. The van der Waals surface area contributed by atoms with Crippen molar-refractivity contribution in [3.63, 3.8) is 0 Å². The van der Waals surface area contributed by atoms with E-state index in [0.717, 1.165) is 33.6 Å². The van der Waals surface area contributed by atoms with E-state index in [1.807, 2.05) is 42.5 Å². The van der Waals surface area contributed by atoms with Gasteiger partial charge in [0.25, 0.3) is 0 Å². The maximum atomic E-state index is 8.36. The van der Waals surface area contributed by atoms with Crippen molar-refractivity contribution >= 4 is 0 Å². The van der Waals surface area contributed by atoms with Crippen LogP contribution in [0.25, 0.3) is 33.6 Å². The molecule has 3 aromatic carbocycles. The summed E-state index contributed by atoms with van der Waals surface area (Å²) in [5.74, 6) is 0. The molecule has 0 N–H and O–H groups in total. The van der Waals surface area contributed by atoms with E-state index in [9.17, 15) is 0 Å². The number of benzene rings is 3. The van der Waals surface area contributed by atoms with Crippen molar-refractivity contribution < 1.29 is 13.2 Å². The number of hydrogen-bond donors (Lipinski definition) is 0. The second-order valence-electron chi connectivity index (χ2n) is 8.44. The van der Waals surface area contributed by atoms with Gasteiger partial charge in [0.05, 0.1) is 11.1 Å². The van der Waals surface area contributed by atoms with Gasteiger partial charge in [-0.05, 0) is 48.3 Å². The topological polar surface area (TPSA) is 7.76 Å². The molecule has 4 heterocycles. The molecule has 0 saturated carbocycles. The Morgan fingerprint density at radius 1 is 0.625 bits per heavy atom. The molecule has 0 bridgehead atoms. The molecule has 1 spiro atoms. The van der Waals surface area contributed by atoms with Crippen molar-refractivity contribution in [3.8, 4) is 33.6 Å². The molecule has 32 heavy (non-hydrogen) atoms. The summed E-state index contributed by atoms with van der Waals surface area (Å²) in [5, 5.41) is 0. The number of fused-ring (bicyclic) bond motifs is 10. The molecule has 1 atom stereocenters. The van der Waals surface area contributed by atoms with Gasteiger partial charge < -0.3 is 0 Å². The van der Waals surface area contributed by atoms with E-state index in [1.165, 1.54) is 11.1 Å². The zero-order valence-electron chi connectivity index (χ0n) is 20.4. The Hall–Kier alpha value is -4.04. The van der Waals surface area contributed by atoms with Crippen molar-refractivity contribution in [1.82, 2.24) is 0 Å². The molecule has 2 heteroatoms. The second-order valence-corrected chi connectivity index (χ2v) is 8.44. The Morgan fingerprint density at radius 3 is 2.03 bits per heavy atom. The maximum Gasteiger partial charge on any atom is 0.417 e. The Labute approximate surface area is 191 Å². The summed E-state index contributed by atoms with van der Waals surface area (Å²) in [6.45, 7) is -2.25. The molecule has 5 aromatic rings. The number of aryl methyl sites for hydroxylation is 1. The van der Waals surface area contributed by atoms with Gasteiger partial charge in [0.15, 0.2) is 12.4 Å². The van der Waals surface area contributed by atoms with Gasteiger partial charge >= 0.3 is 5.66 Å². The fourth-order valence-electron chi connectivity index (χ4n) is 5.62. The van der Waals surface area contributed by atoms with Crippen LogP contribution in [0.3, 0.4) is 0 Å². The van der Waals surface area contributed by atoms with E-state index in [1.54, 1.807) is 0 Å². The van der Waals surface area contributed by atoms with Crippen LogP contribution in [-0.2, 0) is 5.66 Å². The van der Waals surface area contributed by atoms with Gasteiger partial charge in [-0.25, -0.2) is 0 Å². The molecule has 1 unspecified atom stereocenters. The molecule has 2 aliphatic rings. The predicted octanol–water partition coefficient (Wildman–Crippen LogP) is 5.50. The smallest absolute Gasteiger partial charge is 0.126 e. The Kier molecular flexibility index (Phi) is 2.90. The Bertz CT molecular complexity index is 1590. The molecule has 2 nitrogen and oxygen atoms in total. The van der Waals surface area contributed by atoms with Gasteiger partial charge in [-0.1, -0.05) is 54.6 Å². The van der Waals surface area contributed by atoms with E-state index in [-0.39, 0.29) is 0 Å². The lowest BCUT2D eigenvalue weighted by molar-refractivity contribution is -0.954. The molecule has 0 fully saturated rings. The Balaban J connectivity index is 1.67. The van der Waals surface area contributed by atoms with Crippen molar-refractivity contribution in [1.29, 1.82) is 0 Å². The van der Waals surface area contributed by atoms with E-state index in [2.05, 4.69) is 82.2 Å². The zero-order chi connectivity index (χ0) is 23.8. The van der Waals surface area contributed by atoms with Gasteiger partial charge in [-0.2, -0.15) is 0 Å². The molecule has 2 aromatic heterocycles. The van der Waals surface area contributed by atoms with Gasteiger partial charge in [0, 0.05) is 27.9 Å². The SMILES string of the molecule is [2H]C([2H])([2H])c1cc2[n+](cc1-c1ccccc1)C1(c3ccccc3-c3cccc[n+]31)c1ccccc1-2. The number of aromatic nitrogens is 2. The van der Waals surface area contributed by atoms with E-state index < -0.39 is 12.5 Å². The summed E-state index contributed by atoms with van der Waals surface area (Å²) in [6, 6.07) is 34.9. The molecule has 0 saturated heterocycles. The van der Waals surface area contributed by atoms with Crippen LogP contribution in [0.15, 0.2) is 116 Å². The molecule has 0 amide bonds. The lowest BCUT2D eigenvalue weighted by atomic mass is 9.90. The van der Waals surface area contributed by atoms with Crippen molar-refractivity contribution in [2.45, 2.75) is 12.5 Å². The quantitative estimate of drug-likeness (QED) is 0.314. The van der Waals surface area contributed by atoms with Crippen LogP contribution in [0, 0.1) is 6.85 Å². The number of pyridine rings is 2. The molecule has 2 aliphatic heterocycles. The highest BCUT2D eigenvalue weighted by Gasteiger charge is 2.66. The minimum absolute atomic E-state index is 0.367. The number of hydrogen-bond acceptors (Lipinski definition) is 0. The summed E-state index contributed by atoms with van der Waals surface area (Å²) in [6.07, 6.45) is 4.19. The normalized spacial score (nSPS) is 18.8. The number of nitrogens with zero attached hydrogens (tertiary/aromatic N) is 2. The van der Waals surface area contributed by atoms with E-state index in [0.29, 0.717) is 5.56 Å². The minimum atomic E-state index is -2.25. The average Bonchev–Trinajstić information content (AvgIpc) is 3.35. The van der Waals surface area contributed by atoms with Crippen molar-refractivity contribution in [2.75, 3.05) is 0 Å². The summed E-state index contributed by atoms with van der Waals surface area (Å²) >= 11 is 0. The van der Waals surface area contributed by atoms with Crippen LogP contribution < -0.4 is 9.13 Å². The molecule has 150 valence electrons. The first kappa shape index (κ1) is 14.9. The van der Waals surface area contributed by atoms with Crippen molar-refractivity contribution in [3.05, 3.63) is 132 Å². The zero-order valence-corrected chi connectivity index (χ0v) is 17.4. The molecular formula is C30H22N2+2. The highest BCUT2D eigenvalue weighted by molar-refractivity contribution is 5.75. The fourth-order valence-corrected chi connectivity index (χ4v) is 5.62. The van der Waals surface area contributed by atoms with E-state index in [4.69, 9.17) is 4.11 Å². The number of rotatable bonds is 1. The van der Waals surface area contributed by atoms with Gasteiger partial charge in [0.1, 0.15) is 11.1 Å². The summed E-state index contributed by atoms with van der Waals surface area (Å²) in [4.78, 5) is 0. The van der Waals surface area contributed by atoms with Crippen LogP contribution in [0.4, 0.5) is 0 Å². The lowest BCUT2D eigenvalue weighted by Gasteiger charge is -2.18. The van der Waals surface area contributed by atoms with Crippen LogP contribution >= 0.6 is 0 Å². The summed E-state index contributed by atoms with van der Waals surface area (Å²) in [7, 11) is 0. The van der Waals surface area contributed by atoms with Crippen molar-refractivity contribution in [2.24, 2.45) is 0 Å². The third kappa shape index (κ3) is 2.04. The van der Waals surface area contributed by atoms with Crippen LogP contribution in [0.1, 0.15) is 20.8 Å². The molecule has 7 rings (SSSR count). The standard InChI is InChI=1S/C30H22N2/c1-21-19-29-24-14-6-8-16-27(24)30(32(29)20-25(21)22-11-3-2-4-12-22)26-15-7-5-13-23(26)28-17-9-10-18-31(28)30/h2-20H,1H3/q+2/i1D3. The van der Waals surface area contributed by atoms with Crippen LogP contribution in [-0.4, -0.2) is 0 Å². The fraction of sp³-hybridized carbons (Fsp3) is 0.0667. The van der Waals surface area contributed by atoms with Crippen LogP contribution in [0.5, 0.6) is 0 Å². The third-order valence-corrected chi connectivity index (χ3v) is 6.89. The monoisotopic (exact) mass is 413 g/mol. The summed E-state index contributed by atoms with van der Waals surface area (Å²) in [5.41, 5.74) is 7.95. The maximum absolute atomic E-state index is 8.36. The first-order valence-corrected chi connectivity index (χ1v) is 10.9. The molecular weight excluding hydrogens is 388 g/mol. The molecule has 0 aliphatic carbocycles. The third-order valence-electron chi connectivity index (χ3n) is 6.89. The first-order chi connectivity index (χ1) is 17.0. The van der Waals surface area contributed by atoms with E-state index >= 15 is 0 Å².